The fourth-order valence-electron chi connectivity index (χ4n) is 2.09. The molecule has 102 valence electrons. The maximum atomic E-state index is 4.62. The Morgan fingerprint density at radius 2 is 1.63 bits per heavy atom. The molecule has 0 atom stereocenters. The van der Waals surface area contributed by atoms with Crippen LogP contribution in [0.2, 0.25) is 0 Å². The molecule has 0 saturated heterocycles. The van der Waals surface area contributed by atoms with E-state index >= 15 is 0 Å². The molecule has 0 amide bonds. The first-order valence-electron chi connectivity index (χ1n) is 7.04. The Kier molecular flexibility index (Phi) is 4.24. The molecular formula is C14H21N5. The van der Waals surface area contributed by atoms with Crippen molar-refractivity contribution in [3.05, 3.63) is 28.8 Å². The van der Waals surface area contributed by atoms with Gasteiger partial charge in [-0.2, -0.15) is 5.10 Å². The van der Waals surface area contributed by atoms with E-state index in [1.54, 1.807) is 0 Å². The molecule has 0 radical (unpaired) electrons. The highest BCUT2D eigenvalue weighted by Gasteiger charge is 2.12. The van der Waals surface area contributed by atoms with Crippen LogP contribution in [0.15, 0.2) is 6.07 Å². The molecule has 5 heteroatoms. The van der Waals surface area contributed by atoms with Gasteiger partial charge in [-0.05, 0) is 31.7 Å². The summed E-state index contributed by atoms with van der Waals surface area (Å²) in [5.74, 6) is 0.589. The van der Waals surface area contributed by atoms with Crippen molar-refractivity contribution in [1.82, 2.24) is 25.0 Å². The van der Waals surface area contributed by atoms with E-state index in [1.807, 2.05) is 4.68 Å². The average Bonchev–Trinajstić information content (AvgIpc) is 2.89. The van der Waals surface area contributed by atoms with E-state index in [0.29, 0.717) is 5.95 Å². The lowest BCUT2D eigenvalue weighted by Gasteiger charge is -2.07. The van der Waals surface area contributed by atoms with Crippen LogP contribution in [-0.4, -0.2) is 25.0 Å². The van der Waals surface area contributed by atoms with E-state index in [4.69, 9.17) is 0 Å². The lowest BCUT2D eigenvalue weighted by molar-refractivity contribution is 0.698. The van der Waals surface area contributed by atoms with Crippen LogP contribution in [0.4, 0.5) is 0 Å². The summed E-state index contributed by atoms with van der Waals surface area (Å²) in [6, 6.07) is 2.11. The third-order valence-corrected chi connectivity index (χ3v) is 3.25. The zero-order valence-corrected chi connectivity index (χ0v) is 12.1. The lowest BCUT2D eigenvalue weighted by Crippen LogP contribution is -2.12. The van der Waals surface area contributed by atoms with Crippen LogP contribution < -0.4 is 0 Å². The topological polar surface area (TPSA) is 56.5 Å². The molecule has 2 aromatic rings. The van der Waals surface area contributed by atoms with Crippen molar-refractivity contribution in [3.63, 3.8) is 0 Å². The number of hydrogen-bond donors (Lipinski definition) is 0. The van der Waals surface area contributed by atoms with Gasteiger partial charge in [-0.25, -0.2) is 9.67 Å². The Labute approximate surface area is 114 Å². The van der Waals surface area contributed by atoms with E-state index in [1.165, 1.54) is 0 Å². The minimum atomic E-state index is 0.589. The SMILES string of the molecule is CCc1cc(CC)n(-c2nnc(CC)c(CC)n2)n1. The zero-order valence-electron chi connectivity index (χ0n) is 12.1. The molecule has 0 N–H and O–H groups in total. The van der Waals surface area contributed by atoms with Crippen molar-refractivity contribution in [3.8, 4) is 5.95 Å². The third-order valence-electron chi connectivity index (χ3n) is 3.25. The summed E-state index contributed by atoms with van der Waals surface area (Å²) >= 11 is 0. The molecule has 0 fully saturated rings. The van der Waals surface area contributed by atoms with Crippen LogP contribution in [0.5, 0.6) is 0 Å². The Bertz CT molecular complexity index is 559. The van der Waals surface area contributed by atoms with Crippen LogP contribution in [0.1, 0.15) is 50.5 Å². The Hall–Kier alpha value is -1.78. The smallest absolute Gasteiger partial charge is 0.213 e. The molecule has 0 aromatic carbocycles. The van der Waals surface area contributed by atoms with Gasteiger partial charge in [-0.15, -0.1) is 10.2 Å². The first kappa shape index (κ1) is 13.6. The van der Waals surface area contributed by atoms with Gasteiger partial charge in [0, 0.05) is 5.69 Å². The minimum absolute atomic E-state index is 0.589. The van der Waals surface area contributed by atoms with Gasteiger partial charge in [0.05, 0.1) is 17.1 Å². The van der Waals surface area contributed by atoms with Crippen molar-refractivity contribution in [2.75, 3.05) is 0 Å². The van der Waals surface area contributed by atoms with Gasteiger partial charge in [-0.3, -0.25) is 0 Å². The predicted molar refractivity (Wildman–Crippen MR) is 74.5 cm³/mol. The summed E-state index contributed by atoms with van der Waals surface area (Å²) in [5, 5.41) is 13.1. The number of aromatic nitrogens is 5. The van der Waals surface area contributed by atoms with E-state index in [-0.39, 0.29) is 0 Å². The molecule has 2 aromatic heterocycles. The van der Waals surface area contributed by atoms with E-state index in [0.717, 1.165) is 48.5 Å². The van der Waals surface area contributed by atoms with E-state index < -0.39 is 0 Å². The second kappa shape index (κ2) is 5.91. The first-order chi connectivity index (χ1) is 9.23. The van der Waals surface area contributed by atoms with E-state index in [9.17, 15) is 0 Å². The third kappa shape index (κ3) is 2.64. The monoisotopic (exact) mass is 259 g/mol. The molecule has 0 unspecified atom stereocenters. The quantitative estimate of drug-likeness (QED) is 0.826. The van der Waals surface area contributed by atoms with Crippen molar-refractivity contribution in [1.29, 1.82) is 0 Å². The largest absolute Gasteiger partial charge is 0.270 e. The fraction of sp³-hybridized carbons (Fsp3) is 0.571. The average molecular weight is 259 g/mol. The second-order valence-corrected chi connectivity index (χ2v) is 4.46. The van der Waals surface area contributed by atoms with Crippen LogP contribution in [0.3, 0.4) is 0 Å². The van der Waals surface area contributed by atoms with Gasteiger partial charge in [0.15, 0.2) is 0 Å². The summed E-state index contributed by atoms with van der Waals surface area (Å²) < 4.78 is 1.82. The molecule has 0 aliphatic carbocycles. The number of aryl methyl sites for hydroxylation is 4. The van der Waals surface area contributed by atoms with E-state index in [2.05, 4.69) is 54.0 Å². The van der Waals surface area contributed by atoms with Gasteiger partial charge in [-0.1, -0.05) is 27.7 Å². The summed E-state index contributed by atoms with van der Waals surface area (Å²) in [5.41, 5.74) is 4.19. The molecule has 2 heterocycles. The summed E-state index contributed by atoms with van der Waals surface area (Å²) in [7, 11) is 0. The van der Waals surface area contributed by atoms with Gasteiger partial charge in [0.25, 0.3) is 5.95 Å². The van der Waals surface area contributed by atoms with Crippen LogP contribution >= 0.6 is 0 Å². The molecule has 0 saturated carbocycles. The summed E-state index contributed by atoms with van der Waals surface area (Å²) in [6.45, 7) is 8.38. The van der Waals surface area contributed by atoms with Crippen LogP contribution in [-0.2, 0) is 25.7 Å². The lowest BCUT2D eigenvalue weighted by atomic mass is 10.2. The highest BCUT2D eigenvalue weighted by atomic mass is 15.4. The minimum Gasteiger partial charge on any atom is -0.213 e. The van der Waals surface area contributed by atoms with Gasteiger partial charge >= 0.3 is 0 Å². The van der Waals surface area contributed by atoms with Crippen molar-refractivity contribution in [2.24, 2.45) is 0 Å². The predicted octanol–water partition coefficient (Wildman–Crippen LogP) is 2.31. The highest BCUT2D eigenvalue weighted by Crippen LogP contribution is 2.12. The summed E-state index contributed by atoms with van der Waals surface area (Å²) in [4.78, 5) is 4.62. The van der Waals surface area contributed by atoms with Crippen molar-refractivity contribution < 1.29 is 0 Å². The van der Waals surface area contributed by atoms with Crippen molar-refractivity contribution in [2.45, 2.75) is 53.4 Å². The Morgan fingerprint density at radius 3 is 2.21 bits per heavy atom. The number of nitrogens with zero attached hydrogens (tertiary/aromatic N) is 5. The maximum absolute atomic E-state index is 4.62. The normalized spacial score (nSPS) is 10.9. The molecule has 19 heavy (non-hydrogen) atoms. The zero-order chi connectivity index (χ0) is 13.8. The van der Waals surface area contributed by atoms with Gasteiger partial charge < -0.3 is 0 Å². The number of rotatable bonds is 5. The molecule has 0 spiro atoms. The van der Waals surface area contributed by atoms with Crippen LogP contribution in [0, 0.1) is 0 Å². The maximum Gasteiger partial charge on any atom is 0.270 e. The summed E-state index contributed by atoms with van der Waals surface area (Å²) in [6.07, 6.45) is 3.56. The molecule has 0 aliphatic rings. The molecule has 0 aliphatic heterocycles. The molecule has 0 bridgehead atoms. The first-order valence-corrected chi connectivity index (χ1v) is 7.04. The molecule has 5 nitrogen and oxygen atoms in total. The van der Waals surface area contributed by atoms with Crippen LogP contribution in [0.25, 0.3) is 5.95 Å². The van der Waals surface area contributed by atoms with Gasteiger partial charge in [0.2, 0.25) is 0 Å². The molecule has 2 rings (SSSR count). The fourth-order valence-corrected chi connectivity index (χ4v) is 2.09. The highest BCUT2D eigenvalue weighted by molar-refractivity contribution is 5.22. The molecular weight excluding hydrogens is 238 g/mol. The Balaban J connectivity index is 2.49. The Morgan fingerprint density at radius 1 is 0.895 bits per heavy atom. The second-order valence-electron chi connectivity index (χ2n) is 4.46. The standard InChI is InChI=1S/C14H21N5/c1-5-10-9-11(6-2)19(18-10)14-15-12(7-3)13(8-4)16-17-14/h9H,5-8H2,1-4H3. The van der Waals surface area contributed by atoms with Crippen molar-refractivity contribution >= 4 is 0 Å². The number of hydrogen-bond acceptors (Lipinski definition) is 4. The van der Waals surface area contributed by atoms with Gasteiger partial charge in [0.1, 0.15) is 0 Å².